The van der Waals surface area contributed by atoms with Crippen LogP contribution < -0.4 is 5.73 Å². The highest BCUT2D eigenvalue weighted by molar-refractivity contribution is 7.99. The Morgan fingerprint density at radius 1 is 1.31 bits per heavy atom. The highest BCUT2D eigenvalue weighted by Gasteiger charge is 2.10. The van der Waals surface area contributed by atoms with Gasteiger partial charge < -0.3 is 15.9 Å². The number of thioether (sulfide) groups is 1. The van der Waals surface area contributed by atoms with Gasteiger partial charge in [-0.05, 0) is 12.2 Å². The maximum atomic E-state index is 10.2. The van der Waals surface area contributed by atoms with Crippen molar-refractivity contribution in [2.45, 2.75) is 18.9 Å². The molecule has 5 nitrogen and oxygen atoms in total. The zero-order chi connectivity index (χ0) is 10.3. The lowest BCUT2D eigenvalue weighted by Gasteiger charge is -2.04. The fourth-order valence-corrected chi connectivity index (χ4v) is 1.54. The number of nitrogens with two attached hydrogens (primary N) is 1. The third-order valence-electron chi connectivity index (χ3n) is 1.35. The Bertz CT molecular complexity index is 185. The summed E-state index contributed by atoms with van der Waals surface area (Å²) < 4.78 is 0. The number of carboxylic acids is 2. The summed E-state index contributed by atoms with van der Waals surface area (Å²) in [7, 11) is 0. The molecule has 0 aliphatic carbocycles. The fraction of sp³-hybridized carbons (Fsp3) is 0.714. The molecule has 0 aliphatic rings. The molecule has 0 bridgehead atoms. The zero-order valence-electron chi connectivity index (χ0n) is 7.10. The van der Waals surface area contributed by atoms with Gasteiger partial charge in [0, 0.05) is 5.75 Å². The third kappa shape index (κ3) is 7.61. The summed E-state index contributed by atoms with van der Waals surface area (Å²) in [5.41, 5.74) is 5.23. The van der Waals surface area contributed by atoms with Gasteiger partial charge in [0.05, 0.1) is 6.42 Å². The van der Waals surface area contributed by atoms with Gasteiger partial charge in [0.25, 0.3) is 0 Å². The molecule has 76 valence electrons. The monoisotopic (exact) mass is 207 g/mol. The molecule has 0 saturated heterocycles. The Labute approximate surface area is 80.3 Å². The Hall–Kier alpha value is -0.750. The minimum absolute atomic E-state index is 0.104. The first-order valence-corrected chi connectivity index (χ1v) is 4.97. The second kappa shape index (κ2) is 6.73. The molecule has 6 heteroatoms. The van der Waals surface area contributed by atoms with Crippen LogP contribution >= 0.6 is 11.8 Å². The van der Waals surface area contributed by atoms with Gasteiger partial charge in [-0.3, -0.25) is 9.59 Å². The lowest BCUT2D eigenvalue weighted by atomic mass is 10.2. The van der Waals surface area contributed by atoms with Gasteiger partial charge in [-0.25, -0.2) is 0 Å². The predicted molar refractivity (Wildman–Crippen MR) is 49.8 cm³/mol. The topological polar surface area (TPSA) is 101 Å². The summed E-state index contributed by atoms with van der Waals surface area (Å²) >= 11 is 1.40. The molecule has 13 heavy (non-hydrogen) atoms. The van der Waals surface area contributed by atoms with E-state index < -0.39 is 18.0 Å². The van der Waals surface area contributed by atoms with E-state index in [4.69, 9.17) is 15.9 Å². The average Bonchev–Trinajstić information content (AvgIpc) is 2.02. The molecule has 0 unspecified atom stereocenters. The maximum Gasteiger partial charge on any atom is 0.320 e. The molecule has 0 rings (SSSR count). The van der Waals surface area contributed by atoms with Gasteiger partial charge in [0.15, 0.2) is 0 Å². The minimum Gasteiger partial charge on any atom is -0.481 e. The van der Waals surface area contributed by atoms with Crippen LogP contribution in [0.2, 0.25) is 0 Å². The van der Waals surface area contributed by atoms with Crippen LogP contribution in [0, 0.1) is 0 Å². The SMILES string of the molecule is N[C@@H](CCSCCC(=O)O)C(=O)O. The van der Waals surface area contributed by atoms with Crippen LogP contribution in [0.1, 0.15) is 12.8 Å². The van der Waals surface area contributed by atoms with Crippen LogP contribution in [0.15, 0.2) is 0 Å². The van der Waals surface area contributed by atoms with Gasteiger partial charge in [0.2, 0.25) is 0 Å². The van der Waals surface area contributed by atoms with Crippen LogP contribution in [-0.4, -0.2) is 39.7 Å². The highest BCUT2D eigenvalue weighted by atomic mass is 32.2. The number of hydrogen-bond acceptors (Lipinski definition) is 4. The Balaban J connectivity index is 3.26. The molecule has 0 spiro atoms. The van der Waals surface area contributed by atoms with E-state index >= 15 is 0 Å². The second-order valence-electron chi connectivity index (χ2n) is 2.49. The molecule has 0 aromatic rings. The van der Waals surface area contributed by atoms with Gasteiger partial charge in [0.1, 0.15) is 6.04 Å². The molecule has 0 heterocycles. The van der Waals surface area contributed by atoms with Crippen molar-refractivity contribution in [1.29, 1.82) is 0 Å². The molecule has 0 aromatic carbocycles. The highest BCUT2D eigenvalue weighted by Crippen LogP contribution is 2.05. The number of rotatable bonds is 7. The van der Waals surface area contributed by atoms with Crippen molar-refractivity contribution in [2.75, 3.05) is 11.5 Å². The van der Waals surface area contributed by atoms with Crippen LogP contribution in [0.4, 0.5) is 0 Å². The Kier molecular flexibility index (Phi) is 6.34. The molecule has 0 aliphatic heterocycles. The van der Waals surface area contributed by atoms with E-state index in [1.165, 1.54) is 11.8 Å². The molecule has 0 amide bonds. The second-order valence-corrected chi connectivity index (χ2v) is 3.71. The van der Waals surface area contributed by atoms with E-state index in [2.05, 4.69) is 0 Å². The number of carbonyl (C=O) groups is 2. The quantitative estimate of drug-likeness (QED) is 0.508. The Morgan fingerprint density at radius 3 is 2.38 bits per heavy atom. The van der Waals surface area contributed by atoms with Gasteiger partial charge in [-0.15, -0.1) is 0 Å². The van der Waals surface area contributed by atoms with E-state index in [1.54, 1.807) is 0 Å². The maximum absolute atomic E-state index is 10.2. The molecule has 0 aromatic heterocycles. The van der Waals surface area contributed by atoms with Gasteiger partial charge in [-0.2, -0.15) is 11.8 Å². The molecule has 4 N–H and O–H groups in total. The summed E-state index contributed by atoms with van der Waals surface area (Å²) in [6, 6.07) is -0.836. The van der Waals surface area contributed by atoms with E-state index in [1.807, 2.05) is 0 Å². The van der Waals surface area contributed by atoms with Crippen LogP contribution in [0.25, 0.3) is 0 Å². The smallest absolute Gasteiger partial charge is 0.320 e. The zero-order valence-corrected chi connectivity index (χ0v) is 7.92. The van der Waals surface area contributed by atoms with E-state index in [9.17, 15) is 9.59 Å². The molecular formula is C7H13NO4S. The normalized spacial score (nSPS) is 12.4. The summed E-state index contributed by atoms with van der Waals surface area (Å²) in [5, 5.41) is 16.7. The number of hydrogen-bond donors (Lipinski definition) is 3. The summed E-state index contributed by atoms with van der Waals surface area (Å²) in [5.74, 6) is -0.767. The summed E-state index contributed by atoms with van der Waals surface area (Å²) in [6.07, 6.45) is 0.479. The molecular weight excluding hydrogens is 194 g/mol. The number of carboxylic acid groups (broad SMARTS) is 2. The predicted octanol–water partition coefficient (Wildman–Crippen LogP) is -0.00370. The van der Waals surface area contributed by atoms with Crippen LogP contribution in [0.5, 0.6) is 0 Å². The summed E-state index contributed by atoms with van der Waals surface area (Å²) in [6.45, 7) is 0. The lowest BCUT2D eigenvalue weighted by Crippen LogP contribution is -2.30. The van der Waals surface area contributed by atoms with Crippen LogP contribution in [0.3, 0.4) is 0 Å². The van der Waals surface area contributed by atoms with Crippen molar-refractivity contribution in [3.05, 3.63) is 0 Å². The molecule has 0 radical (unpaired) electrons. The Morgan fingerprint density at radius 2 is 1.92 bits per heavy atom. The standard InChI is InChI=1S/C7H13NO4S/c8-5(7(11)12)1-3-13-4-2-6(9)10/h5H,1-4,8H2,(H,9,10)(H,11,12)/t5-/m0/s1. The van der Waals surface area contributed by atoms with Gasteiger partial charge in [-0.1, -0.05) is 0 Å². The van der Waals surface area contributed by atoms with E-state index in [-0.39, 0.29) is 6.42 Å². The van der Waals surface area contributed by atoms with Crippen molar-refractivity contribution < 1.29 is 19.8 Å². The fourth-order valence-electron chi connectivity index (χ4n) is 0.595. The van der Waals surface area contributed by atoms with Gasteiger partial charge >= 0.3 is 11.9 Å². The van der Waals surface area contributed by atoms with Crippen molar-refractivity contribution in [3.8, 4) is 0 Å². The first kappa shape index (κ1) is 12.2. The van der Waals surface area contributed by atoms with Crippen molar-refractivity contribution in [1.82, 2.24) is 0 Å². The minimum atomic E-state index is -1.01. The largest absolute Gasteiger partial charge is 0.481 e. The first-order chi connectivity index (χ1) is 6.04. The molecule has 1 atom stereocenters. The third-order valence-corrected chi connectivity index (χ3v) is 2.37. The summed E-state index contributed by atoms with van der Waals surface area (Å²) in [4.78, 5) is 20.3. The molecule has 0 saturated carbocycles. The van der Waals surface area contributed by atoms with E-state index in [0.717, 1.165) is 0 Å². The van der Waals surface area contributed by atoms with Crippen molar-refractivity contribution in [3.63, 3.8) is 0 Å². The lowest BCUT2D eigenvalue weighted by molar-refractivity contribution is -0.139. The van der Waals surface area contributed by atoms with E-state index in [0.29, 0.717) is 17.9 Å². The van der Waals surface area contributed by atoms with Crippen LogP contribution in [-0.2, 0) is 9.59 Å². The van der Waals surface area contributed by atoms with Crippen molar-refractivity contribution in [2.24, 2.45) is 5.73 Å². The van der Waals surface area contributed by atoms with Crippen molar-refractivity contribution >= 4 is 23.7 Å². The molecule has 0 fully saturated rings. The number of aliphatic carboxylic acids is 2. The first-order valence-electron chi connectivity index (χ1n) is 3.82. The average molecular weight is 207 g/mol.